The second-order valence-corrected chi connectivity index (χ2v) is 8.70. The number of hydrogen-bond donors (Lipinski definition) is 1. The van der Waals surface area contributed by atoms with E-state index in [0.29, 0.717) is 16.7 Å². The molecule has 1 saturated carbocycles. The van der Waals surface area contributed by atoms with Crippen LogP contribution in [0.1, 0.15) is 51.0 Å². The average Bonchev–Trinajstić information content (AvgIpc) is 2.62. The van der Waals surface area contributed by atoms with Crippen LogP contribution in [0.3, 0.4) is 0 Å². The van der Waals surface area contributed by atoms with Crippen LogP contribution in [0.25, 0.3) is 0 Å². The van der Waals surface area contributed by atoms with Crippen LogP contribution in [0.5, 0.6) is 0 Å². The van der Waals surface area contributed by atoms with E-state index in [0.717, 1.165) is 57.2 Å². The van der Waals surface area contributed by atoms with Gasteiger partial charge in [0.15, 0.2) is 0 Å². The van der Waals surface area contributed by atoms with Crippen LogP contribution in [0, 0.1) is 5.92 Å². The summed E-state index contributed by atoms with van der Waals surface area (Å²) in [5.74, 6) is 0.197. The molecule has 0 spiro atoms. The van der Waals surface area contributed by atoms with Gasteiger partial charge in [0.25, 0.3) is 0 Å². The Labute approximate surface area is 178 Å². The Morgan fingerprint density at radius 3 is 2.56 bits per heavy atom. The molecule has 0 radical (unpaired) electrons. The predicted molar refractivity (Wildman–Crippen MR) is 113 cm³/mol. The van der Waals surface area contributed by atoms with Gasteiger partial charge in [-0.25, -0.2) is 0 Å². The van der Waals surface area contributed by atoms with Gasteiger partial charge in [0.05, 0.1) is 28.7 Å². The molecule has 2 N–H and O–H groups in total. The lowest BCUT2D eigenvalue weighted by Crippen LogP contribution is -2.55. The number of carbonyl (C=O) groups excluding carboxylic acids is 1. The molecule has 2 fully saturated rings. The summed E-state index contributed by atoms with van der Waals surface area (Å²) in [7, 11) is 0. The van der Waals surface area contributed by atoms with Gasteiger partial charge in [-0.15, -0.1) is 12.4 Å². The van der Waals surface area contributed by atoms with E-state index < -0.39 is 0 Å². The van der Waals surface area contributed by atoms with Crippen molar-refractivity contribution in [2.75, 3.05) is 13.1 Å². The van der Waals surface area contributed by atoms with Crippen molar-refractivity contribution in [2.45, 2.75) is 63.7 Å². The van der Waals surface area contributed by atoms with Crippen molar-refractivity contribution < 1.29 is 9.53 Å². The number of likely N-dealkylation sites (tertiary alicyclic amines) is 1. The highest BCUT2D eigenvalue weighted by Crippen LogP contribution is 2.33. The summed E-state index contributed by atoms with van der Waals surface area (Å²) in [6, 6.07) is 5.56. The molecule has 0 bridgehead atoms. The molecule has 1 aromatic carbocycles. The minimum atomic E-state index is -0.365. The number of rotatable bonds is 4. The van der Waals surface area contributed by atoms with Gasteiger partial charge in [-0.2, -0.15) is 0 Å². The maximum atomic E-state index is 12.9. The Morgan fingerprint density at radius 1 is 1.22 bits per heavy atom. The molecule has 4 nitrogen and oxygen atoms in total. The molecule has 1 heterocycles. The van der Waals surface area contributed by atoms with Crippen LogP contribution in [0.15, 0.2) is 18.2 Å². The van der Waals surface area contributed by atoms with Crippen LogP contribution in [0.4, 0.5) is 0 Å². The van der Waals surface area contributed by atoms with Crippen molar-refractivity contribution in [3.63, 3.8) is 0 Å². The fraction of sp³-hybridized carbons (Fsp3) is 0.650. The molecule has 7 heteroatoms. The van der Waals surface area contributed by atoms with Crippen molar-refractivity contribution >= 4 is 41.5 Å². The summed E-state index contributed by atoms with van der Waals surface area (Å²) in [5.41, 5.74) is 7.05. The first-order chi connectivity index (χ1) is 12.4. The molecule has 152 valence electrons. The van der Waals surface area contributed by atoms with Gasteiger partial charge in [0.2, 0.25) is 5.91 Å². The van der Waals surface area contributed by atoms with Gasteiger partial charge in [0.1, 0.15) is 0 Å². The van der Waals surface area contributed by atoms with Gasteiger partial charge in [-0.3, -0.25) is 4.79 Å². The van der Waals surface area contributed by atoms with E-state index in [-0.39, 0.29) is 35.9 Å². The summed E-state index contributed by atoms with van der Waals surface area (Å²) in [6.45, 7) is 4.04. The fourth-order valence-electron chi connectivity index (χ4n) is 4.07. The molecule has 1 aliphatic heterocycles. The van der Waals surface area contributed by atoms with E-state index in [1.54, 1.807) is 6.07 Å². The molecule has 2 unspecified atom stereocenters. The van der Waals surface area contributed by atoms with Gasteiger partial charge >= 0.3 is 0 Å². The minimum Gasteiger partial charge on any atom is -0.373 e. The number of benzene rings is 1. The van der Waals surface area contributed by atoms with E-state index in [2.05, 4.69) is 0 Å². The summed E-state index contributed by atoms with van der Waals surface area (Å²) in [4.78, 5) is 14.9. The minimum absolute atomic E-state index is 0. The summed E-state index contributed by atoms with van der Waals surface area (Å²) >= 11 is 12.0. The van der Waals surface area contributed by atoms with Crippen molar-refractivity contribution in [3.8, 4) is 0 Å². The molecule has 1 aliphatic carbocycles. The maximum absolute atomic E-state index is 12.9. The Morgan fingerprint density at radius 2 is 1.93 bits per heavy atom. The van der Waals surface area contributed by atoms with Crippen molar-refractivity contribution in [1.82, 2.24) is 4.90 Å². The molecule has 2 atom stereocenters. The number of piperidine rings is 1. The van der Waals surface area contributed by atoms with Crippen molar-refractivity contribution in [3.05, 3.63) is 33.8 Å². The zero-order valence-electron chi connectivity index (χ0n) is 15.8. The van der Waals surface area contributed by atoms with Crippen LogP contribution in [-0.2, 0) is 16.1 Å². The van der Waals surface area contributed by atoms with Gasteiger partial charge in [0, 0.05) is 18.6 Å². The van der Waals surface area contributed by atoms with E-state index in [9.17, 15) is 4.79 Å². The predicted octanol–water partition coefficient (Wildman–Crippen LogP) is 4.83. The number of nitrogens with two attached hydrogens (primary N) is 1. The summed E-state index contributed by atoms with van der Waals surface area (Å²) in [6.07, 6.45) is 5.98. The molecule has 1 amide bonds. The lowest BCUT2D eigenvalue weighted by Gasteiger charge is -2.41. The molecular formula is C20H29Cl3N2O2. The van der Waals surface area contributed by atoms with Crippen LogP contribution < -0.4 is 5.73 Å². The van der Waals surface area contributed by atoms with E-state index in [4.69, 9.17) is 33.7 Å². The zero-order chi connectivity index (χ0) is 18.7. The Hall–Kier alpha value is -0.520. The first-order valence-electron chi connectivity index (χ1n) is 9.50. The van der Waals surface area contributed by atoms with E-state index >= 15 is 0 Å². The van der Waals surface area contributed by atoms with Crippen LogP contribution in [0.2, 0.25) is 10.0 Å². The Balaban J connectivity index is 0.00000261. The first-order valence-corrected chi connectivity index (χ1v) is 10.3. The fourth-order valence-corrected chi connectivity index (χ4v) is 4.39. The smallest absolute Gasteiger partial charge is 0.227 e. The summed E-state index contributed by atoms with van der Waals surface area (Å²) < 4.78 is 6.01. The Bertz CT molecular complexity index is 646. The van der Waals surface area contributed by atoms with E-state index in [1.807, 2.05) is 24.0 Å². The second kappa shape index (κ2) is 9.80. The van der Waals surface area contributed by atoms with Gasteiger partial charge in [-0.05, 0) is 50.3 Å². The molecular weight excluding hydrogens is 407 g/mol. The topological polar surface area (TPSA) is 55.6 Å². The number of hydrogen-bond acceptors (Lipinski definition) is 3. The average molecular weight is 436 g/mol. The van der Waals surface area contributed by atoms with Gasteiger partial charge in [-0.1, -0.05) is 42.1 Å². The molecule has 0 aromatic heterocycles. The lowest BCUT2D eigenvalue weighted by molar-refractivity contribution is -0.141. The van der Waals surface area contributed by atoms with Crippen molar-refractivity contribution in [1.29, 1.82) is 0 Å². The number of ether oxygens (including phenoxy) is 1. The third-order valence-corrected chi connectivity index (χ3v) is 6.51. The number of nitrogens with zero attached hydrogens (tertiary/aromatic N) is 1. The molecule has 1 aromatic rings. The first kappa shape index (κ1) is 22.8. The highest BCUT2D eigenvalue weighted by atomic mass is 35.5. The highest BCUT2D eigenvalue weighted by Gasteiger charge is 2.40. The third-order valence-electron chi connectivity index (χ3n) is 5.78. The molecule has 3 rings (SSSR count). The zero-order valence-corrected chi connectivity index (χ0v) is 18.1. The number of amides is 1. The largest absolute Gasteiger partial charge is 0.373 e. The van der Waals surface area contributed by atoms with Gasteiger partial charge < -0.3 is 15.4 Å². The third kappa shape index (κ3) is 5.74. The maximum Gasteiger partial charge on any atom is 0.227 e. The van der Waals surface area contributed by atoms with Crippen LogP contribution >= 0.6 is 35.6 Å². The monoisotopic (exact) mass is 434 g/mol. The lowest BCUT2D eigenvalue weighted by atomic mass is 9.74. The number of halogens is 3. The molecule has 2 aliphatic rings. The normalized spacial score (nSPS) is 26.5. The van der Waals surface area contributed by atoms with E-state index in [1.165, 1.54) is 0 Å². The standard InChI is InChI=1S/C20H28Cl2N2O2.ClH/c1-20(23)9-3-2-4-16(20)19(25)24-10-7-15(8-11-24)26-13-14-5-6-17(21)18(22)12-14;/h5-6,12,15-16H,2-4,7-11,13,23H2,1H3;1H. The quantitative estimate of drug-likeness (QED) is 0.737. The Kier molecular flexibility index (Phi) is 8.26. The molecule has 27 heavy (non-hydrogen) atoms. The van der Waals surface area contributed by atoms with Crippen LogP contribution in [-0.4, -0.2) is 35.5 Å². The highest BCUT2D eigenvalue weighted by molar-refractivity contribution is 6.42. The second-order valence-electron chi connectivity index (χ2n) is 7.89. The summed E-state index contributed by atoms with van der Waals surface area (Å²) in [5, 5.41) is 1.10. The van der Waals surface area contributed by atoms with Crippen molar-refractivity contribution in [2.24, 2.45) is 11.7 Å². The molecule has 1 saturated heterocycles. The number of carbonyl (C=O) groups is 1. The SMILES string of the molecule is CC1(N)CCCCC1C(=O)N1CCC(OCc2ccc(Cl)c(Cl)c2)CC1.Cl.